The number of nitrogens with two attached hydrogens (primary N) is 1. The van der Waals surface area contributed by atoms with Crippen LogP contribution in [0.15, 0.2) is 101 Å². The maximum Gasteiger partial charge on any atom is 0.302 e. The van der Waals surface area contributed by atoms with Crippen LogP contribution in [0.3, 0.4) is 0 Å². The van der Waals surface area contributed by atoms with Crippen LogP contribution in [0.4, 0.5) is 5.82 Å². The van der Waals surface area contributed by atoms with Gasteiger partial charge in [-0.05, 0) is 45.3 Å². The molecule has 3 N–H and O–H groups in total. The van der Waals surface area contributed by atoms with Crippen molar-refractivity contribution in [3.05, 3.63) is 107 Å². The van der Waals surface area contributed by atoms with Crippen molar-refractivity contribution >= 4 is 43.3 Å². The number of amides is 1. The summed E-state index contributed by atoms with van der Waals surface area (Å²) >= 11 is 3.51. The molecule has 0 spiro atoms. The average molecular weight is 630 g/mol. The Morgan fingerprint density at radius 2 is 1.68 bits per heavy atom. The van der Waals surface area contributed by atoms with Crippen molar-refractivity contribution in [2.45, 2.75) is 11.6 Å². The molecule has 0 radical (unpaired) electrons. The highest BCUT2D eigenvalue weighted by molar-refractivity contribution is 9.10. The van der Waals surface area contributed by atoms with Gasteiger partial charge < -0.3 is 11.1 Å². The molecule has 0 saturated heterocycles. The van der Waals surface area contributed by atoms with Crippen LogP contribution >= 0.6 is 15.9 Å². The zero-order chi connectivity index (χ0) is 28.6. The number of anilines is 1. The predicted octanol–water partition coefficient (Wildman–Crippen LogP) is 3.76. The number of rotatable bonds is 8. The third-order valence-corrected chi connectivity index (χ3v) is 8.42. The number of carbonyl (C=O) groups excluding carboxylic acids is 1. The summed E-state index contributed by atoms with van der Waals surface area (Å²) < 4.78 is 29.3. The first-order valence-corrected chi connectivity index (χ1v) is 14.4. The fourth-order valence-electron chi connectivity index (χ4n) is 4.26. The molecule has 0 aliphatic carbocycles. The summed E-state index contributed by atoms with van der Waals surface area (Å²) in [5.74, 6) is 0.121. The van der Waals surface area contributed by atoms with Crippen LogP contribution in [0.5, 0.6) is 0 Å². The number of nitrogens with zero attached hydrogens (tertiary/aromatic N) is 7. The normalized spacial score (nSPS) is 11.5. The van der Waals surface area contributed by atoms with Crippen molar-refractivity contribution < 1.29 is 13.2 Å². The lowest BCUT2D eigenvalue weighted by Gasteiger charge is -2.13. The molecule has 0 bridgehead atoms. The van der Waals surface area contributed by atoms with E-state index >= 15 is 0 Å². The van der Waals surface area contributed by atoms with Gasteiger partial charge in [-0.15, -0.1) is 9.19 Å². The molecule has 0 saturated carbocycles. The van der Waals surface area contributed by atoms with Crippen molar-refractivity contribution in [1.82, 2.24) is 34.0 Å². The van der Waals surface area contributed by atoms with E-state index in [0.717, 1.165) is 20.8 Å². The molecule has 0 atom stereocenters. The fraction of sp³-hybridized carbons (Fsp3) is 0.0370. The van der Waals surface area contributed by atoms with E-state index < -0.39 is 15.9 Å². The molecule has 4 aromatic heterocycles. The second kappa shape index (κ2) is 10.6. The fourth-order valence-corrected chi connectivity index (χ4v) is 5.81. The molecule has 0 fully saturated rings. The molecule has 0 aliphatic heterocycles. The van der Waals surface area contributed by atoms with Crippen molar-refractivity contribution in [2.24, 2.45) is 5.73 Å². The van der Waals surface area contributed by atoms with Crippen LogP contribution in [0, 0.1) is 0 Å². The molecule has 6 rings (SSSR count). The zero-order valence-corrected chi connectivity index (χ0v) is 23.5. The second-order valence-electron chi connectivity index (χ2n) is 8.88. The van der Waals surface area contributed by atoms with Crippen LogP contribution in [0.2, 0.25) is 0 Å². The molecule has 0 aliphatic rings. The number of aromatic nitrogens is 7. The van der Waals surface area contributed by atoms with E-state index in [2.05, 4.69) is 41.6 Å². The summed E-state index contributed by atoms with van der Waals surface area (Å²) in [4.78, 5) is 20.3. The van der Waals surface area contributed by atoms with Crippen LogP contribution in [0.1, 0.15) is 15.9 Å². The summed E-state index contributed by atoms with van der Waals surface area (Å²) in [5, 5.41) is 14.8. The number of nitrogens with one attached hydrogen (secondary N) is 1. The third-order valence-electron chi connectivity index (χ3n) is 6.31. The Hall–Kier alpha value is -4.95. The first-order chi connectivity index (χ1) is 19.8. The molecule has 204 valence electrons. The lowest BCUT2D eigenvalue weighted by Crippen LogP contribution is -2.18. The zero-order valence-electron chi connectivity index (χ0n) is 21.1. The maximum atomic E-state index is 13.1. The van der Waals surface area contributed by atoms with Crippen molar-refractivity contribution in [2.75, 3.05) is 5.32 Å². The number of hydrogen-bond donors (Lipinski definition) is 2. The topological polar surface area (TPSA) is 163 Å². The first kappa shape index (κ1) is 26.3. The minimum Gasteiger partial charge on any atom is -0.366 e. The largest absolute Gasteiger partial charge is 0.366 e. The monoisotopic (exact) mass is 629 g/mol. The molecular formula is C27H20BrN9O3S. The molecule has 12 nitrogen and oxygen atoms in total. The minimum atomic E-state index is -4.03. The lowest BCUT2D eigenvalue weighted by molar-refractivity contribution is 0.100. The highest BCUT2D eigenvalue weighted by Gasteiger charge is 2.23. The Morgan fingerprint density at radius 3 is 2.37 bits per heavy atom. The lowest BCUT2D eigenvalue weighted by atomic mass is 10.0. The highest BCUT2D eigenvalue weighted by Crippen LogP contribution is 2.29. The van der Waals surface area contributed by atoms with E-state index in [1.165, 1.54) is 18.6 Å². The number of hydrogen-bond acceptors (Lipinski definition) is 9. The average Bonchev–Trinajstić information content (AvgIpc) is 3.67. The summed E-state index contributed by atoms with van der Waals surface area (Å²) in [6.07, 6.45) is 5.59. The van der Waals surface area contributed by atoms with Crippen LogP contribution in [0.25, 0.3) is 28.0 Å². The number of carbonyl (C=O) groups is 1. The Bertz CT molecular complexity index is 1990. The Kier molecular flexibility index (Phi) is 6.77. The Morgan fingerprint density at radius 1 is 0.976 bits per heavy atom. The second-order valence-corrected chi connectivity index (χ2v) is 11.4. The van der Waals surface area contributed by atoms with E-state index in [9.17, 15) is 13.2 Å². The molecule has 4 heterocycles. The predicted molar refractivity (Wildman–Crippen MR) is 154 cm³/mol. The molecule has 14 heteroatoms. The maximum absolute atomic E-state index is 13.1. The molecule has 0 unspecified atom stereocenters. The minimum absolute atomic E-state index is 0.132. The number of fused-ring (bicyclic) bond motifs is 1. The van der Waals surface area contributed by atoms with E-state index in [4.69, 9.17) is 10.7 Å². The van der Waals surface area contributed by atoms with Crippen molar-refractivity contribution in [3.8, 4) is 22.4 Å². The van der Waals surface area contributed by atoms with Gasteiger partial charge in [0.1, 0.15) is 5.82 Å². The Balaban J connectivity index is 1.32. The van der Waals surface area contributed by atoms with Gasteiger partial charge in [-0.25, -0.2) is 9.97 Å². The summed E-state index contributed by atoms with van der Waals surface area (Å²) in [6, 6.07) is 20.1. The van der Waals surface area contributed by atoms with Crippen LogP contribution < -0.4 is 11.1 Å². The van der Waals surface area contributed by atoms with Gasteiger partial charge >= 0.3 is 10.0 Å². The van der Waals surface area contributed by atoms with Gasteiger partial charge in [0, 0.05) is 35.5 Å². The van der Waals surface area contributed by atoms with E-state index in [0.29, 0.717) is 32.8 Å². The summed E-state index contributed by atoms with van der Waals surface area (Å²) in [5.41, 5.74) is 10.3. The van der Waals surface area contributed by atoms with Crippen LogP contribution in [-0.2, 0) is 16.6 Å². The van der Waals surface area contributed by atoms with Gasteiger partial charge in [0.15, 0.2) is 10.7 Å². The van der Waals surface area contributed by atoms with Crippen molar-refractivity contribution in [1.29, 1.82) is 0 Å². The van der Waals surface area contributed by atoms with E-state index in [1.54, 1.807) is 35.0 Å². The number of benzene rings is 2. The molecular weight excluding hydrogens is 610 g/mol. The molecule has 6 aromatic rings. The standard InChI is InChI=1S/C27H20BrN9O3S/c28-22-16-33-37-24(31-15-21-2-1-11-30-27(21)41(39,40)36-13-12-32-35-36)14-23(34-26(22)37)19-7-3-17(4-8-19)18-5-9-20(10-6-18)25(29)38/h1-14,16,31H,15H2,(H2,29,38). The molecule has 1 amide bonds. The summed E-state index contributed by atoms with van der Waals surface area (Å²) in [6.45, 7) is 0.132. The van der Waals surface area contributed by atoms with Crippen LogP contribution in [-0.4, -0.2) is 48.3 Å². The quantitative estimate of drug-likeness (QED) is 0.255. The smallest absolute Gasteiger partial charge is 0.302 e. The van der Waals surface area contributed by atoms with Gasteiger partial charge in [-0.3, -0.25) is 4.79 Å². The first-order valence-electron chi connectivity index (χ1n) is 12.2. The Labute approximate surface area is 242 Å². The van der Waals surface area contributed by atoms with Crippen molar-refractivity contribution in [3.63, 3.8) is 0 Å². The number of pyridine rings is 1. The van der Waals surface area contributed by atoms with E-state index in [-0.39, 0.29) is 11.6 Å². The van der Waals surface area contributed by atoms with Gasteiger partial charge in [-0.1, -0.05) is 47.7 Å². The van der Waals surface area contributed by atoms with Gasteiger partial charge in [0.05, 0.1) is 28.8 Å². The van der Waals surface area contributed by atoms with Gasteiger partial charge in [0.25, 0.3) is 0 Å². The third kappa shape index (κ3) is 5.05. The van der Waals surface area contributed by atoms with Gasteiger partial charge in [-0.2, -0.15) is 18.0 Å². The van der Waals surface area contributed by atoms with E-state index in [1.807, 2.05) is 42.5 Å². The highest BCUT2D eigenvalue weighted by atomic mass is 79.9. The number of primary amides is 1. The molecule has 2 aromatic carbocycles. The van der Waals surface area contributed by atoms with Gasteiger partial charge in [0.2, 0.25) is 5.91 Å². The number of halogens is 1. The summed E-state index contributed by atoms with van der Waals surface area (Å²) in [7, 11) is -4.03. The molecule has 41 heavy (non-hydrogen) atoms. The SMILES string of the molecule is NC(=O)c1ccc(-c2ccc(-c3cc(NCc4cccnc4S(=O)(=O)n4ccnn4)n4ncc(Br)c4n3)cc2)cc1.